The quantitative estimate of drug-likeness (QED) is 0.266. The second-order valence-corrected chi connectivity index (χ2v) is 2.00. The molecule has 0 saturated heterocycles. The number of hydrogen-bond donors (Lipinski definition) is 2. The summed E-state index contributed by atoms with van der Waals surface area (Å²) in [6, 6.07) is 0. The first-order valence-electron chi connectivity index (χ1n) is 2.05. The largest absolute Gasteiger partial charge is 1.00 e. The molecule has 10 heavy (non-hydrogen) atoms. The minimum atomic E-state index is -0.193. The average Bonchev–Trinajstić information content (AvgIpc) is 1.80. The van der Waals surface area contributed by atoms with Gasteiger partial charge in [0.05, 0.1) is 6.20 Å². The first-order chi connectivity index (χ1) is 4.20. The van der Waals surface area contributed by atoms with Gasteiger partial charge in [0, 0.05) is 11.8 Å². The van der Waals surface area contributed by atoms with Crippen LogP contribution in [0.4, 0.5) is 0 Å². The van der Waals surface area contributed by atoms with E-state index in [1.54, 1.807) is 0 Å². The molecule has 0 aromatic carbocycles. The maximum absolute atomic E-state index is 8.72. The van der Waals surface area contributed by atoms with E-state index in [4.69, 9.17) is 28.5 Å². The van der Waals surface area contributed by atoms with Gasteiger partial charge in [-0.25, -0.2) is 4.99 Å². The van der Waals surface area contributed by atoms with Crippen molar-refractivity contribution >= 4 is 28.7 Å². The maximum atomic E-state index is 8.72. The molecule has 0 aromatic rings. The Morgan fingerprint density at radius 3 is 2.80 bits per heavy atom. The molecule has 1 aliphatic rings. The third-order valence-electron chi connectivity index (χ3n) is 0.685. The van der Waals surface area contributed by atoms with Gasteiger partial charge in [0.2, 0.25) is 11.2 Å². The first-order valence-corrected chi connectivity index (χ1v) is 2.77. The van der Waals surface area contributed by atoms with Crippen molar-refractivity contribution in [1.29, 1.82) is 0 Å². The fourth-order valence-corrected chi connectivity index (χ4v) is 0.633. The molecule has 0 saturated carbocycles. The van der Waals surface area contributed by atoms with Crippen molar-refractivity contribution in [3.63, 3.8) is 0 Å². The van der Waals surface area contributed by atoms with Gasteiger partial charge in [-0.05, 0) is 11.6 Å². The monoisotopic (exact) mass is 191 g/mol. The van der Waals surface area contributed by atoms with E-state index in [1.807, 2.05) is 0 Å². The third-order valence-corrected chi connectivity index (χ3v) is 1.12. The summed E-state index contributed by atoms with van der Waals surface area (Å²) >= 11 is 10.6. The predicted molar refractivity (Wildman–Crippen MR) is 35.9 cm³/mol. The van der Waals surface area contributed by atoms with Gasteiger partial charge in [-0.3, -0.25) is 5.43 Å². The van der Waals surface area contributed by atoms with Crippen molar-refractivity contribution in [3.05, 3.63) is 12.1 Å². The van der Waals surface area contributed by atoms with E-state index in [0.717, 1.165) is 10.7 Å². The van der Waals surface area contributed by atoms with E-state index < -0.39 is 0 Å². The molecule has 0 aromatic heterocycles. The molecule has 0 radical (unpaired) electrons. The number of aliphatic hydroxyl groups is 1. The Labute approximate surface area is 91.4 Å². The maximum Gasteiger partial charge on any atom is 1.00 e. The summed E-state index contributed by atoms with van der Waals surface area (Å²) in [5, 5.41) is 8.84. The van der Waals surface area contributed by atoms with Crippen LogP contribution in [0.1, 0.15) is 1.43 Å². The number of hydrazine groups is 1. The van der Waals surface area contributed by atoms with Gasteiger partial charge >= 0.3 is 29.6 Å². The molecule has 7 heteroatoms. The second-order valence-electron chi connectivity index (χ2n) is 1.30. The third kappa shape index (κ3) is 2.56. The van der Waals surface area contributed by atoms with Crippen molar-refractivity contribution in [2.24, 2.45) is 4.99 Å². The predicted octanol–water partition coefficient (Wildman–Crippen LogP) is -1.97. The summed E-state index contributed by atoms with van der Waals surface area (Å²) < 4.78 is 0.829. The molecule has 0 aliphatic carbocycles. The Bertz CT molecular complexity index is 187. The number of nitrogens with one attached hydrogen (secondary N) is 1. The molecule has 4 nitrogen and oxygen atoms in total. The van der Waals surface area contributed by atoms with Gasteiger partial charge in [0.25, 0.3) is 0 Å². The van der Waals surface area contributed by atoms with Crippen molar-refractivity contribution in [3.8, 4) is 0 Å². The van der Waals surface area contributed by atoms with E-state index in [9.17, 15) is 0 Å². The molecule has 1 heterocycles. The SMILES string of the molecule is OC1=CN=C(Cl)NN1Cl.[H-].[Na+]. The summed E-state index contributed by atoms with van der Waals surface area (Å²) in [5.41, 5.74) is 2.32. The average molecular weight is 192 g/mol. The van der Waals surface area contributed by atoms with Crippen LogP contribution in [-0.4, -0.2) is 14.9 Å². The zero-order chi connectivity index (χ0) is 6.85. The van der Waals surface area contributed by atoms with E-state index in [0.29, 0.717) is 0 Å². The fraction of sp³-hybridized carbons (Fsp3) is 0. The number of aliphatic imine (C=N–C) groups is 1. The van der Waals surface area contributed by atoms with Crippen LogP contribution in [0.15, 0.2) is 17.1 Å². The summed E-state index contributed by atoms with van der Waals surface area (Å²) in [7, 11) is 0. The van der Waals surface area contributed by atoms with E-state index in [1.165, 1.54) is 0 Å². The first kappa shape index (κ1) is 10.4. The summed E-state index contributed by atoms with van der Waals surface area (Å²) in [6.45, 7) is 0. The van der Waals surface area contributed by atoms with Crippen LogP contribution in [0.25, 0.3) is 0 Å². The standard InChI is InChI=1S/C3H3Cl2N3O.Na.H/c4-3-6-1-2(9)8(5)7-3;;/h1,9H,(H,6,7);;/q;+1;-1. The molecular weight excluding hydrogens is 188 g/mol. The Balaban J connectivity index is 0. The smallest absolute Gasteiger partial charge is 1.00 e. The van der Waals surface area contributed by atoms with E-state index in [2.05, 4.69) is 10.4 Å². The molecule has 0 unspecified atom stereocenters. The van der Waals surface area contributed by atoms with Crippen LogP contribution in [0.2, 0.25) is 0 Å². The zero-order valence-electron chi connectivity index (χ0n) is 6.17. The molecule has 2 N–H and O–H groups in total. The Hall–Kier alpha value is 0.390. The molecule has 0 bridgehead atoms. The van der Waals surface area contributed by atoms with Gasteiger partial charge < -0.3 is 6.53 Å². The number of aliphatic hydroxyl groups excluding tert-OH is 1. The zero-order valence-corrected chi connectivity index (χ0v) is 8.69. The molecule has 1 rings (SSSR count). The van der Waals surface area contributed by atoms with Crippen molar-refractivity contribution in [1.82, 2.24) is 9.95 Å². The van der Waals surface area contributed by atoms with Crippen molar-refractivity contribution in [2.45, 2.75) is 0 Å². The number of nitrogens with zero attached hydrogens (tertiary/aromatic N) is 2. The van der Waals surface area contributed by atoms with Crippen LogP contribution in [0.5, 0.6) is 0 Å². The van der Waals surface area contributed by atoms with Crippen molar-refractivity contribution < 1.29 is 36.1 Å². The summed E-state index contributed by atoms with van der Waals surface area (Å²) in [4.78, 5) is 3.49. The van der Waals surface area contributed by atoms with Crippen LogP contribution in [0.3, 0.4) is 0 Å². The number of rotatable bonds is 0. The molecule has 52 valence electrons. The van der Waals surface area contributed by atoms with Gasteiger partial charge in [-0.15, -0.1) is 0 Å². The summed E-state index contributed by atoms with van der Waals surface area (Å²) in [6.07, 6.45) is 1.13. The minimum Gasteiger partial charge on any atom is -1.00 e. The molecule has 0 atom stereocenters. The Morgan fingerprint density at radius 2 is 2.40 bits per heavy atom. The van der Waals surface area contributed by atoms with Crippen LogP contribution < -0.4 is 35.0 Å². The Kier molecular flexibility index (Phi) is 4.47. The molecule has 0 amide bonds. The normalized spacial score (nSPS) is 16.4. The molecule has 1 aliphatic heterocycles. The van der Waals surface area contributed by atoms with E-state index in [-0.39, 0.29) is 42.2 Å². The van der Waals surface area contributed by atoms with Crippen LogP contribution in [0, 0.1) is 0 Å². The van der Waals surface area contributed by atoms with Crippen LogP contribution in [-0.2, 0) is 0 Å². The number of hydrogen-bond acceptors (Lipinski definition) is 4. The number of halogens is 2. The van der Waals surface area contributed by atoms with Gasteiger partial charge in [-0.1, -0.05) is 0 Å². The Morgan fingerprint density at radius 1 is 1.80 bits per heavy atom. The molecule has 0 spiro atoms. The fourth-order valence-electron chi connectivity index (χ4n) is 0.332. The topological polar surface area (TPSA) is 47.9 Å². The number of amidine groups is 1. The van der Waals surface area contributed by atoms with Gasteiger partial charge in [-0.2, -0.15) is 4.53 Å². The van der Waals surface area contributed by atoms with E-state index >= 15 is 0 Å². The second kappa shape index (κ2) is 4.31. The minimum absolute atomic E-state index is 0. The molecular formula is C3H4Cl2N3NaO. The molecule has 0 fully saturated rings. The van der Waals surface area contributed by atoms with Crippen molar-refractivity contribution in [2.75, 3.05) is 0 Å². The summed E-state index contributed by atoms with van der Waals surface area (Å²) in [5.74, 6) is -0.193. The van der Waals surface area contributed by atoms with Gasteiger partial charge in [0.1, 0.15) is 0 Å². The van der Waals surface area contributed by atoms with Crippen LogP contribution >= 0.6 is 23.4 Å². The van der Waals surface area contributed by atoms with Gasteiger partial charge in [0.15, 0.2) is 0 Å².